The molecule has 2 aliphatic heterocycles. The first-order chi connectivity index (χ1) is 14.4. The van der Waals surface area contributed by atoms with Gasteiger partial charge in [0.25, 0.3) is 5.91 Å². The third-order valence-corrected chi connectivity index (χ3v) is 8.34. The summed E-state index contributed by atoms with van der Waals surface area (Å²) in [6.07, 6.45) is 3.78. The topological polar surface area (TPSA) is 73.0 Å². The maximum atomic E-state index is 12.9. The van der Waals surface area contributed by atoms with Crippen LogP contribution in [0.5, 0.6) is 0 Å². The number of benzene rings is 1. The monoisotopic (exact) mass is 436 g/mol. The first kappa shape index (κ1) is 23.2. The Balaban J connectivity index is 1.46. The van der Waals surface area contributed by atoms with Gasteiger partial charge in [0, 0.05) is 50.9 Å². The zero-order valence-corrected chi connectivity index (χ0v) is 19.2. The summed E-state index contributed by atoms with van der Waals surface area (Å²) in [6.45, 7) is 11.9. The van der Waals surface area contributed by atoms with Crippen molar-refractivity contribution >= 4 is 15.9 Å². The van der Waals surface area contributed by atoms with Gasteiger partial charge in [0.15, 0.2) is 0 Å². The number of piperidine rings is 1. The molecule has 0 radical (unpaired) electrons. The smallest absolute Gasteiger partial charge is 0.251 e. The standard InChI is InChI=1S/C22H36N4O3S/c1-3-24-15-17-25(18-16-24)13-6-12-23-22(27)20-8-10-21(11-9-20)30(28,29)26-14-5-4-7-19(26)2/h8-11,19H,3-7,12-18H2,1-2H3,(H,23,27). The normalized spacial score (nSPS) is 22.1. The molecule has 2 fully saturated rings. The number of nitrogens with zero attached hydrogens (tertiary/aromatic N) is 3. The van der Waals surface area contributed by atoms with Gasteiger partial charge in [-0.25, -0.2) is 8.42 Å². The van der Waals surface area contributed by atoms with Crippen LogP contribution in [0.15, 0.2) is 29.2 Å². The summed E-state index contributed by atoms with van der Waals surface area (Å²) in [6, 6.07) is 6.36. The van der Waals surface area contributed by atoms with Crippen molar-refractivity contribution in [3.05, 3.63) is 29.8 Å². The van der Waals surface area contributed by atoms with E-state index in [4.69, 9.17) is 0 Å². The second-order valence-electron chi connectivity index (χ2n) is 8.37. The van der Waals surface area contributed by atoms with Gasteiger partial charge in [-0.05, 0) is 63.5 Å². The molecule has 0 bridgehead atoms. The number of hydrogen-bond donors (Lipinski definition) is 1. The van der Waals surface area contributed by atoms with E-state index in [1.165, 1.54) is 0 Å². The predicted molar refractivity (Wildman–Crippen MR) is 119 cm³/mol. The van der Waals surface area contributed by atoms with Gasteiger partial charge in [0.05, 0.1) is 4.90 Å². The van der Waals surface area contributed by atoms with Gasteiger partial charge < -0.3 is 15.1 Å². The third kappa shape index (κ3) is 5.81. The number of hydrogen-bond acceptors (Lipinski definition) is 5. The Morgan fingerprint density at radius 3 is 2.33 bits per heavy atom. The van der Waals surface area contributed by atoms with Crippen molar-refractivity contribution in [1.29, 1.82) is 0 Å². The van der Waals surface area contributed by atoms with Crippen molar-refractivity contribution in [1.82, 2.24) is 19.4 Å². The summed E-state index contributed by atoms with van der Waals surface area (Å²) in [4.78, 5) is 17.6. The second kappa shape index (κ2) is 10.7. The summed E-state index contributed by atoms with van der Waals surface area (Å²) in [5, 5.41) is 2.95. The summed E-state index contributed by atoms with van der Waals surface area (Å²) in [5.41, 5.74) is 0.497. The predicted octanol–water partition coefficient (Wildman–Crippen LogP) is 2.01. The number of carbonyl (C=O) groups is 1. The van der Waals surface area contributed by atoms with Crippen LogP contribution in [0.1, 0.15) is 49.9 Å². The van der Waals surface area contributed by atoms with Gasteiger partial charge in [0.2, 0.25) is 10.0 Å². The van der Waals surface area contributed by atoms with Crippen LogP contribution >= 0.6 is 0 Å². The number of piperazine rings is 1. The second-order valence-corrected chi connectivity index (χ2v) is 10.3. The summed E-state index contributed by atoms with van der Waals surface area (Å²) in [5.74, 6) is -0.152. The van der Waals surface area contributed by atoms with E-state index in [0.717, 1.165) is 65.0 Å². The highest BCUT2D eigenvalue weighted by atomic mass is 32.2. The number of rotatable bonds is 8. The van der Waals surface area contributed by atoms with Crippen molar-refractivity contribution in [3.8, 4) is 0 Å². The highest BCUT2D eigenvalue weighted by molar-refractivity contribution is 7.89. The Labute approximate surface area is 181 Å². The Kier molecular flexibility index (Phi) is 8.27. The summed E-state index contributed by atoms with van der Waals surface area (Å²) < 4.78 is 27.4. The van der Waals surface area contributed by atoms with E-state index in [1.807, 2.05) is 6.92 Å². The quantitative estimate of drug-likeness (QED) is 0.631. The highest BCUT2D eigenvalue weighted by Gasteiger charge is 2.30. The molecule has 168 valence electrons. The van der Waals surface area contributed by atoms with Crippen molar-refractivity contribution < 1.29 is 13.2 Å². The van der Waals surface area contributed by atoms with Crippen molar-refractivity contribution in [2.24, 2.45) is 0 Å². The minimum absolute atomic E-state index is 0.0247. The molecule has 1 atom stereocenters. The molecule has 1 aromatic rings. The fraction of sp³-hybridized carbons (Fsp3) is 0.682. The molecule has 2 saturated heterocycles. The van der Waals surface area contributed by atoms with Crippen LogP contribution in [0.3, 0.4) is 0 Å². The lowest BCUT2D eigenvalue weighted by molar-refractivity contribution is 0.0948. The molecule has 8 heteroatoms. The minimum atomic E-state index is -3.50. The molecule has 0 spiro atoms. The van der Waals surface area contributed by atoms with Crippen LogP contribution in [0.4, 0.5) is 0 Å². The molecule has 1 aromatic carbocycles. The lowest BCUT2D eigenvalue weighted by atomic mass is 10.1. The summed E-state index contributed by atoms with van der Waals surface area (Å²) in [7, 11) is -3.50. The molecule has 7 nitrogen and oxygen atoms in total. The number of likely N-dealkylation sites (N-methyl/N-ethyl adjacent to an activating group) is 1. The van der Waals surface area contributed by atoms with E-state index in [1.54, 1.807) is 28.6 Å². The molecule has 3 rings (SSSR count). The third-order valence-electron chi connectivity index (χ3n) is 6.31. The summed E-state index contributed by atoms with van der Waals surface area (Å²) >= 11 is 0. The molecular formula is C22H36N4O3S. The molecule has 1 N–H and O–H groups in total. The maximum absolute atomic E-state index is 12.9. The van der Waals surface area contributed by atoms with Crippen molar-refractivity contribution in [3.63, 3.8) is 0 Å². The Morgan fingerprint density at radius 1 is 1.03 bits per heavy atom. The molecule has 0 aromatic heterocycles. The van der Waals surface area contributed by atoms with Gasteiger partial charge in [-0.15, -0.1) is 0 Å². The molecule has 2 heterocycles. The number of sulfonamides is 1. The molecule has 0 saturated carbocycles. The molecule has 1 unspecified atom stereocenters. The van der Waals surface area contributed by atoms with E-state index in [-0.39, 0.29) is 16.8 Å². The van der Waals surface area contributed by atoms with Gasteiger partial charge in [-0.3, -0.25) is 4.79 Å². The lowest BCUT2D eigenvalue weighted by Gasteiger charge is -2.33. The fourth-order valence-corrected chi connectivity index (χ4v) is 5.98. The largest absolute Gasteiger partial charge is 0.352 e. The molecule has 0 aliphatic carbocycles. The Bertz CT molecular complexity index is 789. The molecular weight excluding hydrogens is 400 g/mol. The van der Waals surface area contributed by atoms with Gasteiger partial charge >= 0.3 is 0 Å². The Hall–Kier alpha value is -1.48. The minimum Gasteiger partial charge on any atom is -0.352 e. The maximum Gasteiger partial charge on any atom is 0.251 e. The lowest BCUT2D eigenvalue weighted by Crippen LogP contribution is -2.46. The van der Waals surface area contributed by atoms with Crippen LogP contribution < -0.4 is 5.32 Å². The molecule has 1 amide bonds. The van der Waals surface area contributed by atoms with Crippen LogP contribution in [-0.4, -0.2) is 86.8 Å². The molecule has 30 heavy (non-hydrogen) atoms. The SMILES string of the molecule is CCN1CCN(CCCNC(=O)c2ccc(S(=O)(=O)N3CCCCC3C)cc2)CC1. The van der Waals surface area contributed by atoms with E-state index in [2.05, 4.69) is 22.0 Å². The van der Waals surface area contributed by atoms with Crippen LogP contribution in [0.25, 0.3) is 0 Å². The molecule has 2 aliphatic rings. The van der Waals surface area contributed by atoms with E-state index >= 15 is 0 Å². The van der Waals surface area contributed by atoms with Gasteiger partial charge in [0.1, 0.15) is 0 Å². The van der Waals surface area contributed by atoms with Crippen molar-refractivity contribution in [2.45, 2.75) is 50.5 Å². The fourth-order valence-electron chi connectivity index (χ4n) is 4.28. The van der Waals surface area contributed by atoms with Crippen molar-refractivity contribution in [2.75, 3.05) is 52.4 Å². The zero-order chi connectivity index (χ0) is 21.6. The number of nitrogens with one attached hydrogen (secondary N) is 1. The zero-order valence-electron chi connectivity index (χ0n) is 18.3. The van der Waals surface area contributed by atoms with Crippen LogP contribution in [0.2, 0.25) is 0 Å². The van der Waals surface area contributed by atoms with E-state index in [9.17, 15) is 13.2 Å². The number of amides is 1. The van der Waals surface area contributed by atoms with Gasteiger partial charge in [-0.2, -0.15) is 4.31 Å². The average molecular weight is 437 g/mol. The van der Waals surface area contributed by atoms with Crippen LogP contribution in [-0.2, 0) is 10.0 Å². The first-order valence-electron chi connectivity index (χ1n) is 11.3. The van der Waals surface area contributed by atoms with E-state index < -0.39 is 10.0 Å². The first-order valence-corrected chi connectivity index (χ1v) is 12.7. The average Bonchev–Trinajstić information content (AvgIpc) is 2.77. The number of carbonyl (C=O) groups excluding carboxylic acids is 1. The van der Waals surface area contributed by atoms with E-state index in [0.29, 0.717) is 18.7 Å². The van der Waals surface area contributed by atoms with Crippen LogP contribution in [0, 0.1) is 0 Å². The highest BCUT2D eigenvalue weighted by Crippen LogP contribution is 2.25. The van der Waals surface area contributed by atoms with Gasteiger partial charge in [-0.1, -0.05) is 13.3 Å². The Morgan fingerprint density at radius 2 is 1.70 bits per heavy atom.